The van der Waals surface area contributed by atoms with E-state index in [4.69, 9.17) is 5.73 Å². The van der Waals surface area contributed by atoms with Gasteiger partial charge in [0.05, 0.1) is 5.56 Å². The average Bonchev–Trinajstić information content (AvgIpc) is 3.11. The van der Waals surface area contributed by atoms with E-state index in [1.54, 1.807) is 13.0 Å². The molecule has 1 aromatic carbocycles. The monoisotopic (exact) mass is 283 g/mol. The summed E-state index contributed by atoms with van der Waals surface area (Å²) in [5.41, 5.74) is 7.30. The van der Waals surface area contributed by atoms with Gasteiger partial charge in [-0.05, 0) is 60.8 Å². The van der Waals surface area contributed by atoms with Crippen molar-refractivity contribution in [3.05, 3.63) is 34.9 Å². The van der Waals surface area contributed by atoms with Crippen LogP contribution >= 0.6 is 0 Å². The summed E-state index contributed by atoms with van der Waals surface area (Å²) in [7, 11) is 0. The Labute approximate surface area is 117 Å². The SMILES string of the molecule is Cc1cc(C(F)(F)F)ccc1C(N)C1C2CCCCC21. The van der Waals surface area contributed by atoms with Crippen molar-refractivity contribution in [1.29, 1.82) is 0 Å². The summed E-state index contributed by atoms with van der Waals surface area (Å²) in [6, 6.07) is 3.85. The Morgan fingerprint density at radius 2 is 1.75 bits per heavy atom. The molecule has 2 fully saturated rings. The smallest absolute Gasteiger partial charge is 0.324 e. The van der Waals surface area contributed by atoms with Crippen LogP contribution < -0.4 is 5.73 Å². The van der Waals surface area contributed by atoms with Gasteiger partial charge in [-0.1, -0.05) is 18.9 Å². The molecule has 3 unspecified atom stereocenters. The first-order valence-corrected chi connectivity index (χ1v) is 7.33. The van der Waals surface area contributed by atoms with Crippen molar-refractivity contribution in [3.63, 3.8) is 0 Å². The van der Waals surface area contributed by atoms with Crippen molar-refractivity contribution in [1.82, 2.24) is 0 Å². The number of hydrogen-bond acceptors (Lipinski definition) is 1. The summed E-state index contributed by atoms with van der Waals surface area (Å²) in [5, 5.41) is 0. The molecule has 0 amide bonds. The maximum Gasteiger partial charge on any atom is 0.416 e. The lowest BCUT2D eigenvalue weighted by Gasteiger charge is -2.17. The summed E-state index contributed by atoms with van der Waals surface area (Å²) in [4.78, 5) is 0. The number of fused-ring (bicyclic) bond motifs is 1. The second-order valence-electron chi connectivity index (χ2n) is 6.28. The summed E-state index contributed by atoms with van der Waals surface area (Å²) in [6.45, 7) is 1.73. The minimum atomic E-state index is -4.28. The number of benzene rings is 1. The third-order valence-electron chi connectivity index (χ3n) is 5.09. The van der Waals surface area contributed by atoms with Gasteiger partial charge in [0.15, 0.2) is 0 Å². The molecule has 2 N–H and O–H groups in total. The van der Waals surface area contributed by atoms with Gasteiger partial charge in [0.2, 0.25) is 0 Å². The number of aryl methyl sites for hydroxylation is 1. The summed E-state index contributed by atoms with van der Waals surface area (Å²) in [5.74, 6) is 1.90. The van der Waals surface area contributed by atoms with Crippen LogP contribution in [0.3, 0.4) is 0 Å². The van der Waals surface area contributed by atoms with E-state index in [-0.39, 0.29) is 6.04 Å². The van der Waals surface area contributed by atoms with E-state index in [0.717, 1.165) is 11.6 Å². The maximum atomic E-state index is 12.7. The predicted molar refractivity (Wildman–Crippen MR) is 72.0 cm³/mol. The van der Waals surface area contributed by atoms with Crippen LogP contribution in [0, 0.1) is 24.7 Å². The predicted octanol–water partition coefficient (Wildman–Crippen LogP) is 4.45. The summed E-state index contributed by atoms with van der Waals surface area (Å²) >= 11 is 0. The zero-order chi connectivity index (χ0) is 14.5. The number of rotatable bonds is 2. The topological polar surface area (TPSA) is 26.0 Å². The zero-order valence-electron chi connectivity index (χ0n) is 11.6. The van der Waals surface area contributed by atoms with E-state index in [1.807, 2.05) is 0 Å². The Morgan fingerprint density at radius 3 is 2.25 bits per heavy atom. The van der Waals surface area contributed by atoms with Crippen molar-refractivity contribution in [2.24, 2.45) is 23.5 Å². The lowest BCUT2D eigenvalue weighted by molar-refractivity contribution is -0.137. The van der Waals surface area contributed by atoms with Gasteiger partial charge < -0.3 is 5.73 Å². The number of hydrogen-bond donors (Lipinski definition) is 1. The molecule has 2 saturated carbocycles. The van der Waals surface area contributed by atoms with Gasteiger partial charge in [0, 0.05) is 6.04 Å². The van der Waals surface area contributed by atoms with Crippen LogP contribution in [0.25, 0.3) is 0 Å². The van der Waals surface area contributed by atoms with E-state index in [1.165, 1.54) is 31.7 Å². The molecule has 110 valence electrons. The van der Waals surface area contributed by atoms with Crippen molar-refractivity contribution >= 4 is 0 Å². The first kappa shape index (κ1) is 13.9. The van der Waals surface area contributed by atoms with Gasteiger partial charge in [-0.3, -0.25) is 0 Å². The van der Waals surface area contributed by atoms with Crippen LogP contribution in [0.2, 0.25) is 0 Å². The normalized spacial score (nSPS) is 30.8. The van der Waals surface area contributed by atoms with Gasteiger partial charge in [0.1, 0.15) is 0 Å². The molecular formula is C16H20F3N. The third kappa shape index (κ3) is 2.34. The lowest BCUT2D eigenvalue weighted by atomic mass is 9.95. The highest BCUT2D eigenvalue weighted by Crippen LogP contribution is 2.59. The number of nitrogens with two attached hydrogens (primary N) is 1. The van der Waals surface area contributed by atoms with Crippen LogP contribution in [0.1, 0.15) is 48.4 Å². The van der Waals surface area contributed by atoms with Crippen LogP contribution in [-0.4, -0.2) is 0 Å². The van der Waals surface area contributed by atoms with Crippen molar-refractivity contribution in [2.75, 3.05) is 0 Å². The highest BCUT2D eigenvalue weighted by Gasteiger charge is 2.53. The first-order chi connectivity index (χ1) is 9.39. The Balaban J connectivity index is 1.80. The average molecular weight is 283 g/mol. The summed E-state index contributed by atoms with van der Waals surface area (Å²) in [6.07, 6.45) is 0.749. The van der Waals surface area contributed by atoms with E-state index >= 15 is 0 Å². The first-order valence-electron chi connectivity index (χ1n) is 7.33. The molecule has 3 rings (SSSR count). The number of halogens is 3. The van der Waals surface area contributed by atoms with Gasteiger partial charge in [-0.25, -0.2) is 0 Å². The Morgan fingerprint density at radius 1 is 1.15 bits per heavy atom. The van der Waals surface area contributed by atoms with Gasteiger partial charge >= 0.3 is 6.18 Å². The number of alkyl halides is 3. The van der Waals surface area contributed by atoms with Gasteiger partial charge in [-0.15, -0.1) is 0 Å². The largest absolute Gasteiger partial charge is 0.416 e. The molecule has 0 saturated heterocycles. The lowest BCUT2D eigenvalue weighted by Crippen LogP contribution is -2.16. The van der Waals surface area contributed by atoms with E-state index < -0.39 is 11.7 Å². The van der Waals surface area contributed by atoms with Gasteiger partial charge in [0.25, 0.3) is 0 Å². The van der Waals surface area contributed by atoms with E-state index in [2.05, 4.69) is 0 Å². The molecule has 0 aromatic heterocycles. The molecule has 0 radical (unpaired) electrons. The quantitative estimate of drug-likeness (QED) is 0.852. The molecule has 3 atom stereocenters. The standard InChI is InChI=1S/C16H20F3N/c1-9-8-10(16(17,18)19)6-7-11(9)15(20)14-12-4-2-3-5-13(12)14/h6-8,12-15H,2-5,20H2,1H3. The molecule has 1 nitrogen and oxygen atoms in total. The second-order valence-corrected chi connectivity index (χ2v) is 6.28. The fourth-order valence-electron chi connectivity index (χ4n) is 4.01. The fourth-order valence-corrected chi connectivity index (χ4v) is 4.01. The molecule has 1 aromatic rings. The molecule has 2 aliphatic carbocycles. The maximum absolute atomic E-state index is 12.7. The van der Waals surface area contributed by atoms with Crippen molar-refractivity contribution in [3.8, 4) is 0 Å². The van der Waals surface area contributed by atoms with E-state index in [9.17, 15) is 13.2 Å². The summed E-state index contributed by atoms with van der Waals surface area (Å²) < 4.78 is 38.0. The molecule has 20 heavy (non-hydrogen) atoms. The minimum absolute atomic E-state index is 0.106. The van der Waals surface area contributed by atoms with Crippen LogP contribution in [0.15, 0.2) is 18.2 Å². The minimum Gasteiger partial charge on any atom is -0.324 e. The molecule has 0 aliphatic heterocycles. The third-order valence-corrected chi connectivity index (χ3v) is 5.09. The second kappa shape index (κ2) is 4.76. The van der Waals surface area contributed by atoms with Crippen LogP contribution in [-0.2, 0) is 6.18 Å². The van der Waals surface area contributed by atoms with Crippen molar-refractivity contribution < 1.29 is 13.2 Å². The zero-order valence-corrected chi connectivity index (χ0v) is 11.6. The Hall–Kier alpha value is -1.03. The molecule has 0 bridgehead atoms. The van der Waals surface area contributed by atoms with Gasteiger partial charge in [-0.2, -0.15) is 13.2 Å². The fraction of sp³-hybridized carbons (Fsp3) is 0.625. The molecule has 0 heterocycles. The van der Waals surface area contributed by atoms with E-state index in [0.29, 0.717) is 23.3 Å². The molecule has 4 heteroatoms. The van der Waals surface area contributed by atoms with Crippen LogP contribution in [0.4, 0.5) is 13.2 Å². The van der Waals surface area contributed by atoms with Crippen molar-refractivity contribution in [2.45, 2.75) is 44.8 Å². The molecule has 2 aliphatic rings. The molecule has 0 spiro atoms. The Kier molecular flexibility index (Phi) is 3.32. The highest BCUT2D eigenvalue weighted by atomic mass is 19.4. The molecular weight excluding hydrogens is 263 g/mol. The van der Waals surface area contributed by atoms with Crippen LogP contribution in [0.5, 0.6) is 0 Å². The highest BCUT2D eigenvalue weighted by molar-refractivity contribution is 5.36. The Bertz CT molecular complexity index is 497.